The number of aromatic amines is 1. The Morgan fingerprint density at radius 1 is 0.872 bits per heavy atom. The van der Waals surface area contributed by atoms with Crippen molar-refractivity contribution in [2.75, 3.05) is 30.8 Å². The van der Waals surface area contributed by atoms with Crippen molar-refractivity contribution in [2.45, 2.75) is 18.8 Å². The molecule has 196 valence electrons. The van der Waals surface area contributed by atoms with Gasteiger partial charge >= 0.3 is 0 Å². The van der Waals surface area contributed by atoms with Crippen LogP contribution in [0.15, 0.2) is 95.9 Å². The lowest BCUT2D eigenvalue weighted by Gasteiger charge is -2.23. The van der Waals surface area contributed by atoms with Crippen LogP contribution in [0.2, 0.25) is 0 Å². The second-order valence-electron chi connectivity index (χ2n) is 9.80. The number of hydrogen-bond acceptors (Lipinski definition) is 6. The van der Waals surface area contributed by atoms with Gasteiger partial charge in [0.05, 0.1) is 12.5 Å². The highest BCUT2D eigenvalue weighted by Crippen LogP contribution is 2.34. The van der Waals surface area contributed by atoms with Crippen molar-refractivity contribution >= 4 is 33.8 Å². The Hall–Kier alpha value is -4.62. The molecule has 0 spiro atoms. The zero-order valence-corrected chi connectivity index (χ0v) is 21.8. The van der Waals surface area contributed by atoms with Crippen LogP contribution < -0.4 is 26.2 Å². The first kappa shape index (κ1) is 24.7. The number of ether oxygens (including phenoxy) is 1. The van der Waals surface area contributed by atoms with Gasteiger partial charge in [-0.3, -0.25) is 4.79 Å². The largest absolute Gasteiger partial charge is 0.496 e. The van der Waals surface area contributed by atoms with Crippen LogP contribution in [0.5, 0.6) is 5.75 Å². The summed E-state index contributed by atoms with van der Waals surface area (Å²) in [6, 6.07) is 28.4. The van der Waals surface area contributed by atoms with Crippen LogP contribution in [0, 0.1) is 0 Å². The summed E-state index contributed by atoms with van der Waals surface area (Å²) < 4.78 is 5.70. The molecule has 39 heavy (non-hydrogen) atoms. The van der Waals surface area contributed by atoms with Gasteiger partial charge < -0.3 is 25.7 Å². The van der Waals surface area contributed by atoms with E-state index in [1.165, 1.54) is 5.56 Å². The van der Waals surface area contributed by atoms with E-state index in [0.717, 1.165) is 59.6 Å². The molecule has 3 aromatic carbocycles. The Morgan fingerprint density at radius 2 is 1.64 bits per heavy atom. The third kappa shape index (κ3) is 5.35. The summed E-state index contributed by atoms with van der Waals surface area (Å²) in [5.74, 6) is 2.46. The number of anilines is 4. The molecule has 2 aromatic heterocycles. The molecule has 0 radical (unpaired) electrons. The molecule has 0 bridgehead atoms. The fraction of sp³-hybridized carbons (Fsp3) is 0.188. The van der Waals surface area contributed by atoms with E-state index in [4.69, 9.17) is 9.72 Å². The molecule has 4 N–H and O–H groups in total. The predicted molar refractivity (Wildman–Crippen MR) is 159 cm³/mol. The van der Waals surface area contributed by atoms with Crippen molar-refractivity contribution in [3.8, 4) is 16.9 Å². The van der Waals surface area contributed by atoms with Crippen LogP contribution in [0.4, 0.5) is 23.0 Å². The molecular formula is C32H31N5O2. The fourth-order valence-corrected chi connectivity index (χ4v) is 5.27. The van der Waals surface area contributed by atoms with E-state index >= 15 is 0 Å². The van der Waals surface area contributed by atoms with E-state index in [1.807, 2.05) is 48.5 Å². The van der Waals surface area contributed by atoms with Crippen molar-refractivity contribution in [1.82, 2.24) is 15.3 Å². The van der Waals surface area contributed by atoms with Gasteiger partial charge in [-0.05, 0) is 84.8 Å². The molecule has 0 amide bonds. The Kier molecular flexibility index (Phi) is 6.97. The molecule has 5 aromatic rings. The summed E-state index contributed by atoms with van der Waals surface area (Å²) in [4.78, 5) is 20.4. The normalized spacial score (nSPS) is 13.8. The van der Waals surface area contributed by atoms with Gasteiger partial charge in [0.2, 0.25) is 0 Å². The molecule has 0 unspecified atom stereocenters. The fourth-order valence-electron chi connectivity index (χ4n) is 5.27. The van der Waals surface area contributed by atoms with E-state index in [1.54, 1.807) is 13.3 Å². The number of methoxy groups -OCH3 is 1. The van der Waals surface area contributed by atoms with E-state index < -0.39 is 0 Å². The first-order chi connectivity index (χ1) is 19.2. The van der Waals surface area contributed by atoms with Crippen LogP contribution in [-0.4, -0.2) is 30.2 Å². The van der Waals surface area contributed by atoms with Crippen LogP contribution >= 0.6 is 0 Å². The average Bonchev–Trinajstić information content (AvgIpc) is 2.98. The lowest BCUT2D eigenvalue weighted by atomic mass is 9.90. The molecule has 1 fully saturated rings. The van der Waals surface area contributed by atoms with Gasteiger partial charge in [0.15, 0.2) is 0 Å². The molecule has 0 atom stereocenters. The van der Waals surface area contributed by atoms with Gasteiger partial charge in [-0.1, -0.05) is 42.5 Å². The van der Waals surface area contributed by atoms with Crippen LogP contribution in [0.25, 0.3) is 21.9 Å². The zero-order valence-electron chi connectivity index (χ0n) is 21.8. The van der Waals surface area contributed by atoms with Crippen molar-refractivity contribution in [3.63, 3.8) is 0 Å². The molecule has 1 aliphatic heterocycles. The first-order valence-electron chi connectivity index (χ1n) is 13.3. The van der Waals surface area contributed by atoms with E-state index in [-0.39, 0.29) is 5.56 Å². The van der Waals surface area contributed by atoms with Crippen molar-refractivity contribution in [3.05, 3.63) is 107 Å². The van der Waals surface area contributed by atoms with Crippen LogP contribution in [-0.2, 0) is 0 Å². The molecule has 0 saturated carbocycles. The second kappa shape index (κ2) is 11.0. The second-order valence-corrected chi connectivity index (χ2v) is 9.80. The summed E-state index contributed by atoms with van der Waals surface area (Å²) in [5.41, 5.74) is 4.98. The van der Waals surface area contributed by atoms with Gasteiger partial charge in [-0.25, -0.2) is 4.98 Å². The number of aromatic nitrogens is 2. The highest BCUT2D eigenvalue weighted by atomic mass is 16.5. The van der Waals surface area contributed by atoms with Crippen molar-refractivity contribution in [2.24, 2.45) is 0 Å². The number of H-pyrrole nitrogens is 1. The maximum atomic E-state index is 12.8. The van der Waals surface area contributed by atoms with Crippen molar-refractivity contribution < 1.29 is 4.74 Å². The number of pyridine rings is 2. The third-order valence-electron chi connectivity index (χ3n) is 7.30. The summed E-state index contributed by atoms with van der Waals surface area (Å²) >= 11 is 0. The molecule has 0 aliphatic carbocycles. The monoisotopic (exact) mass is 517 g/mol. The quantitative estimate of drug-likeness (QED) is 0.196. The van der Waals surface area contributed by atoms with Gasteiger partial charge in [-0.15, -0.1) is 0 Å². The lowest BCUT2D eigenvalue weighted by Crippen LogP contribution is -2.26. The summed E-state index contributed by atoms with van der Waals surface area (Å²) in [7, 11) is 1.67. The van der Waals surface area contributed by atoms with Crippen molar-refractivity contribution in [1.29, 1.82) is 0 Å². The highest BCUT2D eigenvalue weighted by Gasteiger charge is 2.16. The number of hydrogen-bond donors (Lipinski definition) is 4. The molecule has 7 heteroatoms. The summed E-state index contributed by atoms with van der Waals surface area (Å²) in [6.07, 6.45) is 3.96. The number of benzene rings is 3. The lowest BCUT2D eigenvalue weighted by molar-refractivity contribution is 0.416. The van der Waals surface area contributed by atoms with E-state index in [0.29, 0.717) is 22.9 Å². The SMILES string of the molecule is COc1cc(Nc2cc3cc[nH]c(=O)c3c(Nc3ccc(C4CCNCC4)cc3)n2)ccc1-c1ccccc1. The number of fused-ring (bicyclic) bond motifs is 1. The maximum absolute atomic E-state index is 12.8. The summed E-state index contributed by atoms with van der Waals surface area (Å²) in [6.45, 7) is 2.12. The van der Waals surface area contributed by atoms with Crippen LogP contribution in [0.3, 0.4) is 0 Å². The Bertz CT molecular complexity index is 1640. The summed E-state index contributed by atoms with van der Waals surface area (Å²) in [5, 5.41) is 11.5. The minimum Gasteiger partial charge on any atom is -0.496 e. The van der Waals surface area contributed by atoms with Crippen LogP contribution in [0.1, 0.15) is 24.3 Å². The Morgan fingerprint density at radius 3 is 2.41 bits per heavy atom. The van der Waals surface area contributed by atoms with Gasteiger partial charge in [0, 0.05) is 29.2 Å². The van der Waals surface area contributed by atoms with E-state index in [2.05, 4.69) is 57.3 Å². The molecule has 3 heterocycles. The average molecular weight is 518 g/mol. The Labute approximate surface area is 227 Å². The maximum Gasteiger partial charge on any atom is 0.259 e. The van der Waals surface area contributed by atoms with E-state index in [9.17, 15) is 4.79 Å². The number of nitrogens with one attached hydrogen (secondary N) is 4. The van der Waals surface area contributed by atoms with Gasteiger partial charge in [-0.2, -0.15) is 0 Å². The zero-order chi connectivity index (χ0) is 26.6. The minimum atomic E-state index is -0.186. The smallest absolute Gasteiger partial charge is 0.259 e. The predicted octanol–water partition coefficient (Wildman–Crippen LogP) is 6.55. The number of piperidine rings is 1. The standard InChI is InChI=1S/C32H31N5O2/c1-39-28-20-26(11-12-27(28)23-5-3-2-4-6-23)35-29-19-24-15-18-34-32(38)30(24)31(37-29)36-25-9-7-21(8-10-25)22-13-16-33-17-14-22/h2-12,15,18-20,22,33H,13-14,16-17H2,1H3,(H,34,38)(H2,35,36,37). The number of rotatable bonds is 7. The Balaban J connectivity index is 1.31. The molecule has 7 nitrogen and oxygen atoms in total. The highest BCUT2D eigenvalue weighted by molar-refractivity contribution is 5.95. The molecule has 6 rings (SSSR count). The molecule has 1 saturated heterocycles. The first-order valence-corrected chi connectivity index (χ1v) is 13.3. The molecular weight excluding hydrogens is 486 g/mol. The van der Waals surface area contributed by atoms with Gasteiger partial charge in [0.25, 0.3) is 5.56 Å². The number of nitrogens with zero attached hydrogens (tertiary/aromatic N) is 1. The molecule has 1 aliphatic rings. The topological polar surface area (TPSA) is 91.1 Å². The van der Waals surface area contributed by atoms with Gasteiger partial charge in [0.1, 0.15) is 17.4 Å². The third-order valence-corrected chi connectivity index (χ3v) is 7.30. The minimum absolute atomic E-state index is 0.186.